The molecular weight excluding hydrogens is 506 g/mol. The minimum absolute atomic E-state index is 0.0257. The van der Waals surface area contributed by atoms with Crippen molar-refractivity contribution in [2.75, 3.05) is 20.1 Å². The summed E-state index contributed by atoms with van der Waals surface area (Å²) in [5.41, 5.74) is 3.87. The molecule has 2 saturated heterocycles. The minimum Gasteiger partial charge on any atom is -0.508 e. The number of nitrogens with one attached hydrogen (secondary N) is 1. The normalized spacial score (nSPS) is 20.3. The third-order valence-corrected chi connectivity index (χ3v) is 7.77. The maximum absolute atomic E-state index is 14.1. The molecule has 0 radical (unpaired) electrons. The number of phenols is 1. The number of carbonyl (C=O) groups is 3. The zero-order chi connectivity index (χ0) is 28.4. The predicted molar refractivity (Wildman–Crippen MR) is 151 cm³/mol. The molecule has 2 N–H and O–H groups in total. The molecule has 0 aromatic heterocycles. The number of rotatable bonds is 6. The largest absolute Gasteiger partial charge is 0.508 e. The molecule has 9 nitrogen and oxygen atoms in total. The molecule has 4 amide bonds. The summed E-state index contributed by atoms with van der Waals surface area (Å²) in [5, 5.41) is 15.9. The number of amides is 4. The van der Waals surface area contributed by atoms with E-state index < -0.39 is 12.2 Å². The van der Waals surface area contributed by atoms with Crippen LogP contribution in [0.4, 0.5) is 4.79 Å². The second-order valence-electron chi connectivity index (χ2n) is 10.5. The summed E-state index contributed by atoms with van der Waals surface area (Å²) < 4.78 is 0. The minimum atomic E-state index is -0.804. The van der Waals surface area contributed by atoms with Gasteiger partial charge in [-0.25, -0.2) is 14.8 Å². The van der Waals surface area contributed by atoms with Gasteiger partial charge in [0.2, 0.25) is 11.8 Å². The van der Waals surface area contributed by atoms with Crippen molar-refractivity contribution < 1.29 is 19.5 Å². The first-order valence-electron chi connectivity index (χ1n) is 13.5. The Balaban J connectivity index is 1.48. The summed E-state index contributed by atoms with van der Waals surface area (Å²) in [6.45, 7) is 4.48. The van der Waals surface area contributed by atoms with Crippen LogP contribution in [0.2, 0.25) is 0 Å². The quantitative estimate of drug-likeness (QED) is 0.499. The van der Waals surface area contributed by atoms with E-state index in [4.69, 9.17) is 0 Å². The molecule has 2 aliphatic rings. The fourth-order valence-electron chi connectivity index (χ4n) is 5.55. The number of fused-ring (bicyclic) bond motifs is 1. The number of urea groups is 1. The number of benzene rings is 3. The average molecular weight is 542 g/mol. The van der Waals surface area contributed by atoms with Gasteiger partial charge in [-0.3, -0.25) is 9.59 Å². The molecule has 3 atom stereocenters. The lowest BCUT2D eigenvalue weighted by Crippen LogP contribution is -2.76. The first-order chi connectivity index (χ1) is 19.2. The highest BCUT2D eigenvalue weighted by Crippen LogP contribution is 2.32. The predicted octanol–water partition coefficient (Wildman–Crippen LogP) is 3.44. The van der Waals surface area contributed by atoms with Gasteiger partial charge in [0.25, 0.3) is 0 Å². The van der Waals surface area contributed by atoms with Crippen LogP contribution >= 0.6 is 0 Å². The molecule has 208 valence electrons. The number of likely N-dealkylation sites (N-methyl/N-ethyl adjacent to an activating group) is 1. The number of piperazine rings is 1. The first-order valence-corrected chi connectivity index (χ1v) is 13.5. The zero-order valence-electron chi connectivity index (χ0n) is 23.0. The Morgan fingerprint density at radius 1 is 0.975 bits per heavy atom. The van der Waals surface area contributed by atoms with E-state index in [0.29, 0.717) is 6.54 Å². The lowest BCUT2D eigenvalue weighted by molar-refractivity contribution is -0.189. The number of phenolic OH excluding ortho intramolecular Hbond substituents is 1. The van der Waals surface area contributed by atoms with Crippen molar-refractivity contribution in [3.63, 3.8) is 0 Å². The van der Waals surface area contributed by atoms with Gasteiger partial charge in [-0.2, -0.15) is 0 Å². The summed E-state index contributed by atoms with van der Waals surface area (Å²) in [4.78, 5) is 44.6. The van der Waals surface area contributed by atoms with Crippen LogP contribution in [0.5, 0.6) is 5.75 Å². The fourth-order valence-corrected chi connectivity index (χ4v) is 5.55. The molecular formula is C31H35N5O4. The highest BCUT2D eigenvalue weighted by atomic mass is 16.3. The third kappa shape index (κ3) is 5.51. The standard InChI is InChI=1S/C31H35N5O4/c1-21-9-13-25(14-10-21)22(2)34-19-28-35(27(30(34)39)17-23-11-15-26(37)16-12-23)29(38)20-33(3)36(28)31(40)32-18-24-7-5-4-6-8-24/h4-16,22,27-28,37H,17-20H2,1-3H3,(H,32,40)/t22-,27+,28+/m1/s1. The van der Waals surface area contributed by atoms with Crippen LogP contribution in [0.1, 0.15) is 35.2 Å². The Morgan fingerprint density at radius 2 is 1.65 bits per heavy atom. The van der Waals surface area contributed by atoms with E-state index in [9.17, 15) is 19.5 Å². The van der Waals surface area contributed by atoms with E-state index in [1.54, 1.807) is 51.1 Å². The Kier molecular flexibility index (Phi) is 7.75. The first kappa shape index (κ1) is 27.2. The molecule has 0 bridgehead atoms. The van der Waals surface area contributed by atoms with E-state index in [-0.39, 0.29) is 49.1 Å². The van der Waals surface area contributed by atoms with E-state index in [1.165, 1.54) is 0 Å². The molecule has 5 rings (SSSR count). The van der Waals surface area contributed by atoms with Gasteiger partial charge in [0.15, 0.2) is 0 Å². The highest BCUT2D eigenvalue weighted by Gasteiger charge is 2.51. The fraction of sp³-hybridized carbons (Fsp3) is 0.323. The van der Waals surface area contributed by atoms with Gasteiger partial charge in [0.1, 0.15) is 18.0 Å². The second kappa shape index (κ2) is 11.4. The summed E-state index contributed by atoms with van der Waals surface area (Å²) >= 11 is 0. The SMILES string of the molecule is Cc1ccc([C@@H](C)N2C[C@H]3N(C(=O)CN(C)N3C(=O)NCc3ccccc3)[C@@H](Cc3ccc(O)cc3)C2=O)cc1. The van der Waals surface area contributed by atoms with E-state index in [0.717, 1.165) is 22.3 Å². The lowest BCUT2D eigenvalue weighted by Gasteiger charge is -2.55. The van der Waals surface area contributed by atoms with E-state index in [2.05, 4.69) is 5.32 Å². The van der Waals surface area contributed by atoms with Gasteiger partial charge in [-0.1, -0.05) is 72.3 Å². The van der Waals surface area contributed by atoms with Crippen LogP contribution in [-0.4, -0.2) is 75.1 Å². The number of hydrogen-bond donors (Lipinski definition) is 2. The Morgan fingerprint density at radius 3 is 2.33 bits per heavy atom. The van der Waals surface area contributed by atoms with Gasteiger partial charge in [-0.15, -0.1) is 0 Å². The highest BCUT2D eigenvalue weighted by molar-refractivity contribution is 5.92. The van der Waals surface area contributed by atoms with Crippen molar-refractivity contribution in [1.29, 1.82) is 0 Å². The van der Waals surface area contributed by atoms with Crippen molar-refractivity contribution in [3.05, 3.63) is 101 Å². The number of aromatic hydroxyl groups is 1. The Hall–Kier alpha value is -4.37. The number of hydrazine groups is 1. The van der Waals surface area contributed by atoms with Crippen LogP contribution in [0.3, 0.4) is 0 Å². The summed E-state index contributed by atoms with van der Waals surface area (Å²) in [7, 11) is 1.72. The Bertz CT molecular complexity index is 1360. The van der Waals surface area contributed by atoms with Crippen LogP contribution in [0.25, 0.3) is 0 Å². The zero-order valence-corrected chi connectivity index (χ0v) is 23.0. The maximum atomic E-state index is 14.1. The van der Waals surface area contributed by atoms with Gasteiger partial charge >= 0.3 is 6.03 Å². The van der Waals surface area contributed by atoms with Crippen molar-refractivity contribution in [1.82, 2.24) is 25.1 Å². The lowest BCUT2D eigenvalue weighted by atomic mass is 9.96. The molecule has 0 unspecified atom stereocenters. The monoisotopic (exact) mass is 541 g/mol. The molecule has 3 aromatic carbocycles. The summed E-state index contributed by atoms with van der Waals surface area (Å²) in [5.74, 6) is -0.248. The smallest absolute Gasteiger partial charge is 0.334 e. The summed E-state index contributed by atoms with van der Waals surface area (Å²) in [6, 6.07) is 22.9. The van der Waals surface area contributed by atoms with Crippen LogP contribution in [-0.2, 0) is 22.6 Å². The molecule has 0 saturated carbocycles. The van der Waals surface area contributed by atoms with E-state index >= 15 is 0 Å². The van der Waals surface area contributed by atoms with Crippen LogP contribution in [0.15, 0.2) is 78.9 Å². The molecule has 2 fully saturated rings. The van der Waals surface area contributed by atoms with Crippen molar-refractivity contribution in [2.45, 2.75) is 45.1 Å². The molecule has 2 aliphatic heterocycles. The van der Waals surface area contributed by atoms with Gasteiger partial charge in [-0.05, 0) is 42.7 Å². The third-order valence-electron chi connectivity index (χ3n) is 7.77. The van der Waals surface area contributed by atoms with Gasteiger partial charge in [0.05, 0.1) is 19.1 Å². The van der Waals surface area contributed by atoms with Crippen LogP contribution in [0, 0.1) is 6.92 Å². The molecule has 0 aliphatic carbocycles. The number of aryl methyl sites for hydroxylation is 1. The maximum Gasteiger partial charge on any atom is 0.334 e. The molecule has 40 heavy (non-hydrogen) atoms. The summed E-state index contributed by atoms with van der Waals surface area (Å²) in [6.07, 6.45) is -0.420. The molecule has 3 aromatic rings. The van der Waals surface area contributed by atoms with E-state index in [1.807, 2.05) is 68.4 Å². The van der Waals surface area contributed by atoms with Crippen molar-refractivity contribution in [2.24, 2.45) is 0 Å². The topological polar surface area (TPSA) is 96.4 Å². The second-order valence-corrected chi connectivity index (χ2v) is 10.5. The number of carbonyl (C=O) groups excluding carboxylic acids is 3. The van der Waals surface area contributed by atoms with Crippen molar-refractivity contribution in [3.8, 4) is 5.75 Å². The molecule has 2 heterocycles. The average Bonchev–Trinajstić information content (AvgIpc) is 2.95. The van der Waals surface area contributed by atoms with Gasteiger partial charge < -0.3 is 20.2 Å². The number of nitrogens with zero attached hydrogens (tertiary/aromatic N) is 4. The van der Waals surface area contributed by atoms with Crippen LogP contribution < -0.4 is 5.32 Å². The van der Waals surface area contributed by atoms with Gasteiger partial charge in [0, 0.05) is 20.0 Å². The van der Waals surface area contributed by atoms with Crippen molar-refractivity contribution >= 4 is 17.8 Å². The molecule has 9 heteroatoms. The Labute approximate surface area is 234 Å². The molecule has 0 spiro atoms. The number of hydrogen-bond acceptors (Lipinski definition) is 5.